The molecule has 35 heavy (non-hydrogen) atoms. The SMILES string of the molecule is CC(C)n1nccc1CN(Cc1ccc(C(N)=O)nc1)c1noc(-c2cc(F)c(F)c(O)c2F)n1. The van der Waals surface area contributed by atoms with Gasteiger partial charge in [0.15, 0.2) is 17.4 Å². The number of primary amides is 1. The van der Waals surface area contributed by atoms with Crippen LogP contribution in [-0.2, 0) is 13.1 Å². The number of nitrogens with zero attached hydrogens (tertiary/aromatic N) is 6. The smallest absolute Gasteiger partial charge is 0.267 e. The van der Waals surface area contributed by atoms with Crippen LogP contribution in [0.25, 0.3) is 11.5 Å². The van der Waals surface area contributed by atoms with Crippen LogP contribution in [0.2, 0.25) is 0 Å². The van der Waals surface area contributed by atoms with Crippen LogP contribution in [0.1, 0.15) is 41.6 Å². The number of anilines is 1. The molecule has 3 N–H and O–H groups in total. The quantitative estimate of drug-likeness (QED) is 0.361. The highest BCUT2D eigenvalue weighted by molar-refractivity contribution is 5.90. The number of hydrogen-bond acceptors (Lipinski definition) is 8. The predicted octanol–water partition coefficient (Wildman–Crippen LogP) is 3.34. The zero-order valence-corrected chi connectivity index (χ0v) is 18.6. The largest absolute Gasteiger partial charge is 0.503 e. The minimum Gasteiger partial charge on any atom is -0.503 e. The highest BCUT2D eigenvalue weighted by Crippen LogP contribution is 2.32. The number of benzene rings is 1. The molecule has 0 aliphatic carbocycles. The Kier molecular flexibility index (Phi) is 6.40. The van der Waals surface area contributed by atoms with E-state index in [9.17, 15) is 23.1 Å². The fraction of sp³-hybridized carbons (Fsp3) is 0.227. The summed E-state index contributed by atoms with van der Waals surface area (Å²) in [5.41, 5.74) is 6.19. The van der Waals surface area contributed by atoms with Crippen molar-refractivity contribution in [3.63, 3.8) is 0 Å². The molecule has 13 heteroatoms. The monoisotopic (exact) mass is 487 g/mol. The highest BCUT2D eigenvalue weighted by atomic mass is 19.2. The van der Waals surface area contributed by atoms with Gasteiger partial charge in [-0.3, -0.25) is 14.5 Å². The van der Waals surface area contributed by atoms with Gasteiger partial charge in [0.25, 0.3) is 17.7 Å². The van der Waals surface area contributed by atoms with Crippen molar-refractivity contribution in [1.29, 1.82) is 0 Å². The van der Waals surface area contributed by atoms with Gasteiger partial charge in [0.05, 0.1) is 17.8 Å². The van der Waals surface area contributed by atoms with E-state index in [0.29, 0.717) is 11.6 Å². The first-order chi connectivity index (χ1) is 16.7. The van der Waals surface area contributed by atoms with Crippen LogP contribution in [0.3, 0.4) is 0 Å². The van der Waals surface area contributed by atoms with E-state index in [-0.39, 0.29) is 30.8 Å². The summed E-state index contributed by atoms with van der Waals surface area (Å²) in [4.78, 5) is 21.1. The van der Waals surface area contributed by atoms with Gasteiger partial charge >= 0.3 is 0 Å². The molecule has 3 heterocycles. The van der Waals surface area contributed by atoms with Crippen LogP contribution >= 0.6 is 0 Å². The first kappa shape index (κ1) is 23.7. The third-order valence-electron chi connectivity index (χ3n) is 5.11. The van der Waals surface area contributed by atoms with E-state index in [0.717, 1.165) is 5.69 Å². The molecule has 0 saturated carbocycles. The predicted molar refractivity (Wildman–Crippen MR) is 117 cm³/mol. The third kappa shape index (κ3) is 4.78. The van der Waals surface area contributed by atoms with E-state index >= 15 is 0 Å². The molecule has 0 aliphatic rings. The lowest BCUT2D eigenvalue weighted by molar-refractivity contribution is 0.0995. The minimum atomic E-state index is -1.72. The molecule has 182 valence electrons. The maximum absolute atomic E-state index is 14.4. The molecule has 1 aromatic carbocycles. The van der Waals surface area contributed by atoms with Gasteiger partial charge in [-0.05, 0) is 42.8 Å². The Morgan fingerprint density at radius 1 is 1.20 bits per heavy atom. The summed E-state index contributed by atoms with van der Waals surface area (Å²) in [6, 6.07) is 5.49. The van der Waals surface area contributed by atoms with Gasteiger partial charge < -0.3 is 20.3 Å². The van der Waals surface area contributed by atoms with Crippen molar-refractivity contribution in [1.82, 2.24) is 24.9 Å². The lowest BCUT2D eigenvalue weighted by Crippen LogP contribution is -2.25. The van der Waals surface area contributed by atoms with E-state index in [4.69, 9.17) is 10.3 Å². The number of pyridine rings is 1. The number of carbonyl (C=O) groups is 1. The van der Waals surface area contributed by atoms with Crippen molar-refractivity contribution < 1.29 is 27.6 Å². The lowest BCUT2D eigenvalue weighted by Gasteiger charge is -2.22. The second kappa shape index (κ2) is 9.44. The second-order valence-electron chi connectivity index (χ2n) is 7.91. The maximum atomic E-state index is 14.4. The Morgan fingerprint density at radius 3 is 2.63 bits per heavy atom. The zero-order chi connectivity index (χ0) is 25.3. The zero-order valence-electron chi connectivity index (χ0n) is 18.6. The van der Waals surface area contributed by atoms with Crippen molar-refractivity contribution >= 4 is 11.9 Å². The standard InChI is InChI=1S/C22H20F3N7O3/c1-11(2)32-13(5-6-28-32)10-31(9-12-3-4-16(20(26)34)27-8-12)22-29-21(35-30-22)14-7-15(23)18(25)19(33)17(14)24/h3-8,11,33H,9-10H2,1-2H3,(H2,26,34). The number of halogens is 3. The number of aromatic hydroxyl groups is 1. The number of aromatic nitrogens is 5. The molecule has 1 amide bonds. The molecular formula is C22H20F3N7O3. The van der Waals surface area contributed by atoms with Gasteiger partial charge in [-0.2, -0.15) is 14.5 Å². The molecule has 0 atom stereocenters. The van der Waals surface area contributed by atoms with Crippen molar-refractivity contribution in [2.45, 2.75) is 33.0 Å². The van der Waals surface area contributed by atoms with Gasteiger partial charge in [-0.25, -0.2) is 8.78 Å². The summed E-state index contributed by atoms with van der Waals surface area (Å²) in [6.45, 7) is 4.33. The van der Waals surface area contributed by atoms with Gasteiger partial charge in [-0.1, -0.05) is 6.07 Å². The lowest BCUT2D eigenvalue weighted by atomic mass is 10.2. The molecule has 4 aromatic rings. The number of hydrogen-bond donors (Lipinski definition) is 2. The van der Waals surface area contributed by atoms with Crippen molar-refractivity contribution in [3.05, 3.63) is 71.1 Å². The Labute approximate surface area is 196 Å². The van der Waals surface area contributed by atoms with Crippen LogP contribution in [-0.4, -0.2) is 35.9 Å². The number of phenolic OH excluding ortho intramolecular Hbond substituents is 1. The summed E-state index contributed by atoms with van der Waals surface area (Å²) in [5.74, 6) is -7.25. The molecule has 0 bridgehead atoms. The Bertz CT molecular complexity index is 1370. The molecule has 0 radical (unpaired) electrons. The van der Waals surface area contributed by atoms with E-state index in [1.165, 1.54) is 12.3 Å². The van der Waals surface area contributed by atoms with Gasteiger partial charge in [0.1, 0.15) is 5.69 Å². The summed E-state index contributed by atoms with van der Waals surface area (Å²) in [5, 5.41) is 17.7. The van der Waals surface area contributed by atoms with E-state index < -0.39 is 40.6 Å². The van der Waals surface area contributed by atoms with Crippen LogP contribution in [0.4, 0.5) is 19.1 Å². The van der Waals surface area contributed by atoms with Gasteiger partial charge in [0, 0.05) is 25.0 Å². The molecule has 3 aromatic heterocycles. The molecule has 10 nitrogen and oxygen atoms in total. The molecule has 0 saturated heterocycles. The third-order valence-corrected chi connectivity index (χ3v) is 5.11. The van der Waals surface area contributed by atoms with E-state index in [2.05, 4.69) is 20.2 Å². The van der Waals surface area contributed by atoms with Crippen molar-refractivity contribution in [2.75, 3.05) is 4.90 Å². The van der Waals surface area contributed by atoms with Crippen molar-refractivity contribution in [3.8, 4) is 17.2 Å². The Balaban J connectivity index is 1.71. The van der Waals surface area contributed by atoms with Gasteiger partial charge in [0.2, 0.25) is 5.82 Å². The molecule has 0 spiro atoms. The summed E-state index contributed by atoms with van der Waals surface area (Å²) in [6.07, 6.45) is 3.10. The minimum absolute atomic E-state index is 0.000827. The highest BCUT2D eigenvalue weighted by Gasteiger charge is 2.25. The molecule has 0 unspecified atom stereocenters. The first-order valence-corrected chi connectivity index (χ1v) is 10.4. The van der Waals surface area contributed by atoms with Crippen LogP contribution in [0, 0.1) is 17.5 Å². The molecular weight excluding hydrogens is 467 g/mol. The number of carbonyl (C=O) groups excluding carboxylic acids is 1. The normalized spacial score (nSPS) is 11.3. The number of nitrogens with two attached hydrogens (primary N) is 1. The molecule has 0 fully saturated rings. The van der Waals surface area contributed by atoms with Crippen LogP contribution in [0.15, 0.2) is 41.2 Å². The molecule has 0 aliphatic heterocycles. The van der Waals surface area contributed by atoms with Gasteiger partial charge in [-0.15, -0.1) is 0 Å². The fourth-order valence-corrected chi connectivity index (χ4v) is 3.41. The summed E-state index contributed by atoms with van der Waals surface area (Å²) < 4.78 is 48.5. The Morgan fingerprint density at radius 2 is 1.97 bits per heavy atom. The van der Waals surface area contributed by atoms with Crippen LogP contribution in [0.5, 0.6) is 5.75 Å². The Hall–Kier alpha value is -4.42. The second-order valence-corrected chi connectivity index (χ2v) is 7.91. The summed E-state index contributed by atoms with van der Waals surface area (Å²) >= 11 is 0. The number of rotatable bonds is 8. The van der Waals surface area contributed by atoms with Crippen molar-refractivity contribution in [2.24, 2.45) is 5.73 Å². The molecule has 4 rings (SSSR count). The fourth-order valence-electron chi connectivity index (χ4n) is 3.41. The maximum Gasteiger partial charge on any atom is 0.267 e. The number of phenols is 1. The number of amides is 1. The average molecular weight is 487 g/mol. The topological polar surface area (TPSA) is 136 Å². The van der Waals surface area contributed by atoms with E-state index in [1.54, 1.807) is 27.9 Å². The van der Waals surface area contributed by atoms with Crippen LogP contribution < -0.4 is 10.6 Å². The average Bonchev–Trinajstić information content (AvgIpc) is 3.50. The first-order valence-electron chi connectivity index (χ1n) is 10.4. The summed E-state index contributed by atoms with van der Waals surface area (Å²) in [7, 11) is 0. The van der Waals surface area contributed by atoms with E-state index in [1.807, 2.05) is 13.8 Å².